The van der Waals surface area contributed by atoms with Gasteiger partial charge in [0.1, 0.15) is 5.82 Å². The number of nitrogens with one attached hydrogen (secondary N) is 1. The summed E-state index contributed by atoms with van der Waals surface area (Å²) in [5.41, 5.74) is -0.285. The first-order valence-electron chi connectivity index (χ1n) is 5.97. The fraction of sp³-hybridized carbons (Fsp3) is 0.357. The van der Waals surface area contributed by atoms with E-state index in [9.17, 15) is 14.3 Å². The molecule has 2 N–H and O–H groups in total. The molecule has 1 aromatic carbocycles. The fourth-order valence-electron chi connectivity index (χ4n) is 1.25. The molecule has 0 bridgehead atoms. The van der Waals surface area contributed by atoms with Gasteiger partial charge in [-0.15, -0.1) is 0 Å². The number of benzene rings is 1. The van der Waals surface area contributed by atoms with Gasteiger partial charge in [0.2, 0.25) is 5.91 Å². The van der Waals surface area contributed by atoms with Crippen LogP contribution in [-0.4, -0.2) is 23.2 Å². The summed E-state index contributed by atoms with van der Waals surface area (Å²) < 4.78 is 12.9. The Morgan fingerprint density at radius 2 is 2.26 bits per heavy atom. The summed E-state index contributed by atoms with van der Waals surface area (Å²) in [6.07, 6.45) is 3.39. The fourth-order valence-corrected chi connectivity index (χ4v) is 1.44. The van der Waals surface area contributed by atoms with Gasteiger partial charge in [-0.3, -0.25) is 4.79 Å². The van der Waals surface area contributed by atoms with Crippen LogP contribution in [0.15, 0.2) is 24.3 Å². The average molecular weight is 286 g/mol. The quantitative estimate of drug-likeness (QED) is 0.817. The van der Waals surface area contributed by atoms with Crippen molar-refractivity contribution in [2.75, 3.05) is 6.54 Å². The first-order valence-corrected chi connectivity index (χ1v) is 6.35. The van der Waals surface area contributed by atoms with Gasteiger partial charge < -0.3 is 10.4 Å². The molecule has 104 valence electrons. The summed E-state index contributed by atoms with van der Waals surface area (Å²) >= 11 is 5.63. The van der Waals surface area contributed by atoms with E-state index in [0.29, 0.717) is 12.0 Å². The lowest BCUT2D eigenvalue weighted by atomic mass is 10.0. The van der Waals surface area contributed by atoms with E-state index in [1.165, 1.54) is 30.4 Å². The Balaban J connectivity index is 2.56. The first-order chi connectivity index (χ1) is 8.84. The van der Waals surface area contributed by atoms with Gasteiger partial charge >= 0.3 is 0 Å². The van der Waals surface area contributed by atoms with Crippen LogP contribution in [0.1, 0.15) is 25.8 Å². The minimum absolute atomic E-state index is 0.0106. The van der Waals surface area contributed by atoms with Gasteiger partial charge in [0.25, 0.3) is 0 Å². The van der Waals surface area contributed by atoms with E-state index >= 15 is 0 Å². The molecule has 1 atom stereocenters. The second kappa shape index (κ2) is 6.68. The first kappa shape index (κ1) is 15.7. The molecule has 0 spiro atoms. The number of hydrogen-bond acceptors (Lipinski definition) is 2. The van der Waals surface area contributed by atoms with Crippen LogP contribution in [0.3, 0.4) is 0 Å². The summed E-state index contributed by atoms with van der Waals surface area (Å²) in [5.74, 6) is -0.823. The SMILES string of the molecule is CCC(C)(O)CNC(=O)C=Cc1ccc(F)c(Cl)c1. The third kappa shape index (κ3) is 5.41. The Morgan fingerprint density at radius 3 is 2.84 bits per heavy atom. The average Bonchev–Trinajstić information content (AvgIpc) is 2.38. The molecule has 1 aromatic rings. The van der Waals surface area contributed by atoms with E-state index in [1.807, 2.05) is 6.92 Å². The van der Waals surface area contributed by atoms with Crippen LogP contribution in [0, 0.1) is 5.82 Å². The van der Waals surface area contributed by atoms with Gasteiger partial charge in [0.15, 0.2) is 0 Å². The number of amides is 1. The van der Waals surface area contributed by atoms with Crippen molar-refractivity contribution >= 4 is 23.6 Å². The van der Waals surface area contributed by atoms with Gasteiger partial charge in [0.05, 0.1) is 10.6 Å². The van der Waals surface area contributed by atoms with Gasteiger partial charge in [-0.05, 0) is 37.1 Å². The second-order valence-electron chi connectivity index (χ2n) is 4.58. The van der Waals surface area contributed by atoms with Crippen molar-refractivity contribution < 1.29 is 14.3 Å². The molecular weight excluding hydrogens is 269 g/mol. The van der Waals surface area contributed by atoms with E-state index in [-0.39, 0.29) is 17.5 Å². The highest BCUT2D eigenvalue weighted by molar-refractivity contribution is 6.30. The highest BCUT2D eigenvalue weighted by Crippen LogP contribution is 2.16. The normalized spacial score (nSPS) is 14.4. The molecule has 0 radical (unpaired) electrons. The Morgan fingerprint density at radius 1 is 1.58 bits per heavy atom. The molecule has 0 saturated heterocycles. The predicted molar refractivity (Wildman–Crippen MR) is 74.4 cm³/mol. The molecule has 0 aliphatic heterocycles. The summed E-state index contributed by atoms with van der Waals surface area (Å²) in [6, 6.07) is 4.19. The smallest absolute Gasteiger partial charge is 0.244 e. The van der Waals surface area contributed by atoms with E-state index in [4.69, 9.17) is 11.6 Å². The Kier molecular flexibility index (Phi) is 5.51. The number of halogens is 2. The van der Waals surface area contributed by atoms with Gasteiger partial charge in [-0.1, -0.05) is 24.6 Å². The summed E-state index contributed by atoms with van der Waals surface area (Å²) in [6.45, 7) is 3.66. The predicted octanol–water partition coefficient (Wildman–Crippen LogP) is 2.77. The minimum atomic E-state index is -0.914. The van der Waals surface area contributed by atoms with Crippen molar-refractivity contribution in [1.82, 2.24) is 5.32 Å². The number of rotatable bonds is 5. The molecule has 1 unspecified atom stereocenters. The van der Waals surface area contributed by atoms with Crippen LogP contribution in [-0.2, 0) is 4.79 Å². The van der Waals surface area contributed by atoms with Crippen LogP contribution >= 0.6 is 11.6 Å². The molecule has 0 aliphatic rings. The molecule has 5 heteroatoms. The number of hydrogen-bond donors (Lipinski definition) is 2. The van der Waals surface area contributed by atoms with Crippen molar-refractivity contribution in [3.8, 4) is 0 Å². The number of carbonyl (C=O) groups is 1. The van der Waals surface area contributed by atoms with Crippen LogP contribution in [0.25, 0.3) is 6.08 Å². The molecule has 19 heavy (non-hydrogen) atoms. The molecule has 0 heterocycles. The van der Waals surface area contributed by atoms with Crippen LogP contribution < -0.4 is 5.32 Å². The standard InChI is InChI=1S/C14H17ClFNO2/c1-3-14(2,19)9-17-13(18)7-5-10-4-6-12(16)11(15)8-10/h4-8,19H,3,9H2,1-2H3,(H,17,18). The Bertz CT molecular complexity index is 486. The van der Waals surface area contributed by atoms with E-state index in [0.717, 1.165) is 0 Å². The summed E-state index contributed by atoms with van der Waals surface area (Å²) in [4.78, 5) is 11.5. The van der Waals surface area contributed by atoms with Crippen molar-refractivity contribution in [3.05, 3.63) is 40.7 Å². The number of carbonyl (C=O) groups excluding carboxylic acids is 1. The molecule has 3 nitrogen and oxygen atoms in total. The third-order valence-corrected chi connectivity index (χ3v) is 3.07. The maximum absolute atomic E-state index is 12.9. The van der Waals surface area contributed by atoms with Crippen molar-refractivity contribution in [2.45, 2.75) is 25.9 Å². The van der Waals surface area contributed by atoms with Crippen molar-refractivity contribution in [3.63, 3.8) is 0 Å². The van der Waals surface area contributed by atoms with E-state index in [1.54, 1.807) is 6.92 Å². The van der Waals surface area contributed by atoms with E-state index in [2.05, 4.69) is 5.32 Å². The molecule has 0 fully saturated rings. The lowest BCUT2D eigenvalue weighted by molar-refractivity contribution is -0.117. The van der Waals surface area contributed by atoms with Gasteiger partial charge in [0, 0.05) is 12.6 Å². The zero-order valence-electron chi connectivity index (χ0n) is 10.9. The van der Waals surface area contributed by atoms with Crippen LogP contribution in [0.5, 0.6) is 0 Å². The zero-order chi connectivity index (χ0) is 14.5. The largest absolute Gasteiger partial charge is 0.388 e. The number of aliphatic hydroxyl groups is 1. The second-order valence-corrected chi connectivity index (χ2v) is 4.98. The molecule has 0 aliphatic carbocycles. The molecule has 1 amide bonds. The lowest BCUT2D eigenvalue weighted by Crippen LogP contribution is -2.39. The molecular formula is C14H17ClFNO2. The zero-order valence-corrected chi connectivity index (χ0v) is 11.7. The van der Waals surface area contributed by atoms with Gasteiger partial charge in [-0.25, -0.2) is 4.39 Å². The topological polar surface area (TPSA) is 49.3 Å². The summed E-state index contributed by atoms with van der Waals surface area (Å²) in [7, 11) is 0. The molecule has 0 saturated carbocycles. The Hall–Kier alpha value is -1.39. The lowest BCUT2D eigenvalue weighted by Gasteiger charge is -2.20. The molecule has 0 aromatic heterocycles. The highest BCUT2D eigenvalue weighted by atomic mass is 35.5. The van der Waals surface area contributed by atoms with Crippen LogP contribution in [0.2, 0.25) is 5.02 Å². The van der Waals surface area contributed by atoms with Crippen molar-refractivity contribution in [1.29, 1.82) is 0 Å². The highest BCUT2D eigenvalue weighted by Gasteiger charge is 2.17. The van der Waals surface area contributed by atoms with Crippen molar-refractivity contribution in [2.24, 2.45) is 0 Å². The van der Waals surface area contributed by atoms with E-state index < -0.39 is 11.4 Å². The Labute approximate surface area is 117 Å². The van der Waals surface area contributed by atoms with Gasteiger partial charge in [-0.2, -0.15) is 0 Å². The maximum Gasteiger partial charge on any atom is 0.244 e. The maximum atomic E-state index is 12.9. The molecule has 1 rings (SSSR count). The minimum Gasteiger partial charge on any atom is -0.388 e. The van der Waals surface area contributed by atoms with Crippen LogP contribution in [0.4, 0.5) is 4.39 Å². The monoisotopic (exact) mass is 285 g/mol. The summed E-state index contributed by atoms with van der Waals surface area (Å²) in [5, 5.41) is 12.3. The third-order valence-electron chi connectivity index (χ3n) is 2.78.